The second kappa shape index (κ2) is 4.14. The molecule has 3 aromatic heterocycles. The Labute approximate surface area is 126 Å². The van der Waals surface area contributed by atoms with Crippen molar-refractivity contribution >= 4 is 44.2 Å². The Morgan fingerprint density at radius 1 is 1.33 bits per heavy atom. The van der Waals surface area contributed by atoms with Crippen LogP contribution in [0.1, 0.15) is 18.9 Å². The minimum atomic E-state index is -0.666. The number of piperidine rings is 1. The van der Waals surface area contributed by atoms with Crippen molar-refractivity contribution in [2.75, 3.05) is 0 Å². The van der Waals surface area contributed by atoms with E-state index in [1.807, 2.05) is 0 Å². The predicted octanol–water partition coefficient (Wildman–Crippen LogP) is 0.827. The summed E-state index contributed by atoms with van der Waals surface area (Å²) >= 11 is 3.37. The van der Waals surface area contributed by atoms with Crippen LogP contribution in [-0.4, -0.2) is 26.0 Å². The molecule has 0 radical (unpaired) electrons. The number of hydrogen-bond acceptors (Lipinski definition) is 4. The fraction of sp³-hybridized carbons (Fsp3) is 0.231. The zero-order valence-corrected chi connectivity index (χ0v) is 12.3. The van der Waals surface area contributed by atoms with E-state index in [4.69, 9.17) is 0 Å². The molecule has 0 aliphatic carbocycles. The molecule has 2 amide bonds. The third-order valence-electron chi connectivity index (χ3n) is 3.79. The highest BCUT2D eigenvalue weighted by molar-refractivity contribution is 9.10. The van der Waals surface area contributed by atoms with Crippen LogP contribution in [0.5, 0.6) is 0 Å². The summed E-state index contributed by atoms with van der Waals surface area (Å²) in [5.74, 6) is -0.735. The largest absolute Gasteiger partial charge is 0.295 e. The van der Waals surface area contributed by atoms with Crippen LogP contribution < -0.4 is 10.9 Å². The van der Waals surface area contributed by atoms with Gasteiger partial charge in [0, 0.05) is 17.1 Å². The van der Waals surface area contributed by atoms with Crippen LogP contribution in [0.4, 0.5) is 0 Å². The molecule has 1 unspecified atom stereocenters. The predicted molar refractivity (Wildman–Crippen MR) is 77.3 cm³/mol. The number of pyridine rings is 1. The molecule has 0 spiro atoms. The number of imide groups is 1. The first-order valence-corrected chi connectivity index (χ1v) is 7.19. The summed E-state index contributed by atoms with van der Waals surface area (Å²) in [7, 11) is 0. The lowest BCUT2D eigenvalue weighted by molar-refractivity contribution is -0.135. The van der Waals surface area contributed by atoms with E-state index in [0.717, 1.165) is 4.47 Å². The molecule has 21 heavy (non-hydrogen) atoms. The van der Waals surface area contributed by atoms with Crippen LogP contribution in [0.2, 0.25) is 0 Å². The first kappa shape index (κ1) is 12.5. The first-order valence-electron chi connectivity index (χ1n) is 6.40. The standard InChI is InChI=1S/C13H9BrN4O3/c14-6-3-9-11-7(4-15-17(11)5-6)13(21)18(9)8-1-2-10(19)16-12(8)20/h3-5,8H,1-2H2,(H,16,19,20). The SMILES string of the molecule is O=C1CCC(n2c(=O)c3cnn4cc(Br)cc2c34)C(=O)N1. The van der Waals surface area contributed by atoms with Crippen LogP contribution in [0.25, 0.3) is 16.4 Å². The summed E-state index contributed by atoms with van der Waals surface area (Å²) in [6.07, 6.45) is 3.81. The number of nitrogens with one attached hydrogen (secondary N) is 1. The van der Waals surface area contributed by atoms with E-state index in [1.165, 1.54) is 10.8 Å². The maximum Gasteiger partial charge on any atom is 0.263 e. The van der Waals surface area contributed by atoms with E-state index in [0.29, 0.717) is 22.8 Å². The van der Waals surface area contributed by atoms with Crippen LogP contribution in [-0.2, 0) is 9.59 Å². The monoisotopic (exact) mass is 348 g/mol. The maximum atomic E-state index is 12.6. The fourth-order valence-corrected chi connectivity index (χ4v) is 3.30. The summed E-state index contributed by atoms with van der Waals surface area (Å²) in [6, 6.07) is 1.12. The highest BCUT2D eigenvalue weighted by Gasteiger charge is 2.32. The molecule has 1 aliphatic rings. The first-order chi connectivity index (χ1) is 10.1. The number of halogens is 1. The highest BCUT2D eigenvalue weighted by atomic mass is 79.9. The minimum Gasteiger partial charge on any atom is -0.295 e. The molecule has 0 bridgehead atoms. The van der Waals surface area contributed by atoms with Gasteiger partial charge in [0.05, 0.1) is 17.1 Å². The quantitative estimate of drug-likeness (QED) is 0.660. The van der Waals surface area contributed by atoms with Gasteiger partial charge in [-0.3, -0.25) is 24.3 Å². The Morgan fingerprint density at radius 2 is 2.14 bits per heavy atom. The van der Waals surface area contributed by atoms with Crippen molar-refractivity contribution < 1.29 is 9.59 Å². The zero-order chi connectivity index (χ0) is 14.7. The average Bonchev–Trinajstić information content (AvgIpc) is 2.95. The number of hydrogen-bond donors (Lipinski definition) is 1. The van der Waals surface area contributed by atoms with Gasteiger partial charge in [0.1, 0.15) is 11.6 Å². The van der Waals surface area contributed by atoms with E-state index >= 15 is 0 Å². The van der Waals surface area contributed by atoms with Crippen molar-refractivity contribution in [2.24, 2.45) is 0 Å². The van der Waals surface area contributed by atoms with Crippen molar-refractivity contribution in [3.05, 3.63) is 33.3 Å². The number of rotatable bonds is 1. The molecule has 4 rings (SSSR count). The summed E-state index contributed by atoms with van der Waals surface area (Å²) in [4.78, 5) is 35.9. The van der Waals surface area contributed by atoms with Crippen LogP contribution >= 0.6 is 15.9 Å². The lowest BCUT2D eigenvalue weighted by atomic mass is 10.1. The Bertz CT molecular complexity index is 957. The van der Waals surface area contributed by atoms with Gasteiger partial charge in [0.15, 0.2) is 0 Å². The highest BCUT2D eigenvalue weighted by Crippen LogP contribution is 2.28. The lowest BCUT2D eigenvalue weighted by Crippen LogP contribution is -2.43. The van der Waals surface area contributed by atoms with E-state index in [-0.39, 0.29) is 17.9 Å². The Kier molecular flexibility index (Phi) is 2.47. The Hall–Kier alpha value is -2.22. The van der Waals surface area contributed by atoms with Crippen LogP contribution in [0.3, 0.4) is 0 Å². The Morgan fingerprint density at radius 3 is 2.90 bits per heavy atom. The lowest BCUT2D eigenvalue weighted by Gasteiger charge is -2.22. The van der Waals surface area contributed by atoms with Crippen molar-refractivity contribution in [2.45, 2.75) is 18.9 Å². The van der Waals surface area contributed by atoms with E-state index in [9.17, 15) is 14.4 Å². The van der Waals surface area contributed by atoms with Crippen LogP contribution in [0.15, 0.2) is 27.7 Å². The smallest absolute Gasteiger partial charge is 0.263 e. The van der Waals surface area contributed by atoms with E-state index in [2.05, 4.69) is 26.3 Å². The number of amides is 2. The molecule has 106 valence electrons. The van der Waals surface area contributed by atoms with Gasteiger partial charge in [0.2, 0.25) is 11.8 Å². The molecule has 1 atom stereocenters. The molecule has 1 fully saturated rings. The minimum absolute atomic E-state index is 0.229. The molecule has 0 aromatic carbocycles. The van der Waals surface area contributed by atoms with Gasteiger partial charge in [-0.05, 0) is 28.4 Å². The molecular weight excluding hydrogens is 340 g/mol. The number of nitrogens with zero attached hydrogens (tertiary/aromatic N) is 3. The number of carbonyl (C=O) groups excluding carboxylic acids is 2. The average molecular weight is 349 g/mol. The maximum absolute atomic E-state index is 12.6. The molecule has 1 aliphatic heterocycles. The molecular formula is C13H9BrN4O3. The van der Waals surface area contributed by atoms with Gasteiger partial charge < -0.3 is 0 Å². The second-order valence-electron chi connectivity index (χ2n) is 5.04. The van der Waals surface area contributed by atoms with Gasteiger partial charge in [-0.25, -0.2) is 4.52 Å². The van der Waals surface area contributed by atoms with E-state index < -0.39 is 11.9 Å². The van der Waals surface area contributed by atoms with Gasteiger partial charge in [-0.2, -0.15) is 5.10 Å². The van der Waals surface area contributed by atoms with Gasteiger partial charge in [-0.1, -0.05) is 0 Å². The number of carbonyl (C=O) groups is 2. The van der Waals surface area contributed by atoms with Crippen LogP contribution in [0, 0.1) is 0 Å². The molecule has 1 saturated heterocycles. The molecule has 8 heteroatoms. The summed E-state index contributed by atoms with van der Waals surface area (Å²) < 4.78 is 3.82. The van der Waals surface area contributed by atoms with Crippen molar-refractivity contribution in [3.63, 3.8) is 0 Å². The van der Waals surface area contributed by atoms with Crippen molar-refractivity contribution in [1.82, 2.24) is 19.5 Å². The topological polar surface area (TPSA) is 85.5 Å². The molecule has 1 N–H and O–H groups in total. The number of aromatic nitrogens is 3. The molecule has 4 heterocycles. The fourth-order valence-electron chi connectivity index (χ4n) is 2.89. The second-order valence-corrected chi connectivity index (χ2v) is 5.95. The third kappa shape index (κ3) is 1.65. The zero-order valence-electron chi connectivity index (χ0n) is 10.7. The Balaban J connectivity index is 2.02. The molecule has 3 aromatic rings. The summed E-state index contributed by atoms with van der Waals surface area (Å²) in [5, 5.41) is 6.90. The van der Waals surface area contributed by atoms with Crippen molar-refractivity contribution in [3.8, 4) is 0 Å². The summed E-state index contributed by atoms with van der Waals surface area (Å²) in [5.41, 5.74) is 1.07. The van der Waals surface area contributed by atoms with Gasteiger partial charge >= 0.3 is 0 Å². The van der Waals surface area contributed by atoms with E-state index in [1.54, 1.807) is 16.8 Å². The normalized spacial score (nSPS) is 19.6. The summed E-state index contributed by atoms with van der Waals surface area (Å²) in [6.45, 7) is 0. The van der Waals surface area contributed by atoms with Gasteiger partial charge in [-0.15, -0.1) is 0 Å². The van der Waals surface area contributed by atoms with Gasteiger partial charge in [0.25, 0.3) is 5.56 Å². The molecule has 7 nitrogen and oxygen atoms in total. The van der Waals surface area contributed by atoms with Crippen molar-refractivity contribution in [1.29, 1.82) is 0 Å². The molecule has 0 saturated carbocycles. The third-order valence-corrected chi connectivity index (χ3v) is 4.22.